The van der Waals surface area contributed by atoms with Gasteiger partial charge in [-0.15, -0.1) is 0 Å². The highest BCUT2D eigenvalue weighted by Crippen LogP contribution is 2.20. The van der Waals surface area contributed by atoms with Crippen LogP contribution in [0.5, 0.6) is 0 Å². The van der Waals surface area contributed by atoms with Crippen molar-refractivity contribution >= 4 is 22.0 Å². The van der Waals surface area contributed by atoms with Gasteiger partial charge in [0.05, 0.1) is 0 Å². The molecule has 1 aromatic heterocycles. The van der Waals surface area contributed by atoms with Crippen molar-refractivity contribution in [1.82, 2.24) is 0 Å². The molecule has 0 radical (unpaired) electrons. The van der Waals surface area contributed by atoms with Gasteiger partial charge in [0.1, 0.15) is 5.76 Å². The normalized spacial score (nSPS) is 11.2. The topological polar surface area (TPSA) is 39.2 Å². The Morgan fingerprint density at radius 2 is 2.45 bits per heavy atom. The minimum Gasteiger partial charge on any atom is -0.450 e. The molecule has 0 saturated heterocycles. The van der Waals surface area contributed by atoms with Crippen LogP contribution in [0.2, 0.25) is 0 Å². The third-order valence-corrected chi connectivity index (χ3v) is 1.72. The molecular formula is C8H10BrNO. The van der Waals surface area contributed by atoms with Gasteiger partial charge in [0.25, 0.3) is 0 Å². The fourth-order valence-corrected chi connectivity index (χ4v) is 1.31. The summed E-state index contributed by atoms with van der Waals surface area (Å²) in [7, 11) is 0. The molecule has 0 bridgehead atoms. The van der Waals surface area contributed by atoms with Gasteiger partial charge in [-0.25, -0.2) is 0 Å². The highest BCUT2D eigenvalue weighted by atomic mass is 79.9. The van der Waals surface area contributed by atoms with E-state index < -0.39 is 0 Å². The second-order valence-corrected chi connectivity index (χ2v) is 3.02. The van der Waals surface area contributed by atoms with Gasteiger partial charge in [0.2, 0.25) is 0 Å². The standard InChI is InChI=1S/C8H10BrNO/c1-6-5-8(9)11-7(6)3-2-4-10/h2-3,5H,4,10H2,1H3/b3-2+. The lowest BCUT2D eigenvalue weighted by Crippen LogP contribution is -1.91. The summed E-state index contributed by atoms with van der Waals surface area (Å²) >= 11 is 3.24. The molecule has 1 aromatic rings. The molecule has 0 saturated carbocycles. The molecule has 60 valence electrons. The summed E-state index contributed by atoms with van der Waals surface area (Å²) in [6.07, 6.45) is 3.73. The first-order valence-corrected chi connectivity index (χ1v) is 4.16. The predicted octanol–water partition coefficient (Wildman–Crippen LogP) is 2.32. The highest BCUT2D eigenvalue weighted by Gasteiger charge is 2.00. The molecule has 0 fully saturated rings. The summed E-state index contributed by atoms with van der Waals surface area (Å²) in [6, 6.07) is 1.93. The van der Waals surface area contributed by atoms with Crippen molar-refractivity contribution in [3.63, 3.8) is 0 Å². The minimum atomic E-state index is 0.539. The lowest BCUT2D eigenvalue weighted by Gasteiger charge is -1.86. The molecule has 3 heteroatoms. The number of rotatable bonds is 2. The van der Waals surface area contributed by atoms with E-state index in [1.165, 1.54) is 0 Å². The molecule has 0 aliphatic carbocycles. The van der Waals surface area contributed by atoms with Crippen LogP contribution in [-0.4, -0.2) is 6.54 Å². The van der Waals surface area contributed by atoms with Gasteiger partial charge >= 0.3 is 0 Å². The molecule has 0 atom stereocenters. The molecule has 0 amide bonds. The number of hydrogen-bond donors (Lipinski definition) is 1. The lowest BCUT2D eigenvalue weighted by atomic mass is 10.2. The van der Waals surface area contributed by atoms with Gasteiger partial charge in [0, 0.05) is 6.54 Å². The third kappa shape index (κ3) is 2.20. The molecule has 1 heterocycles. The van der Waals surface area contributed by atoms with E-state index >= 15 is 0 Å². The smallest absolute Gasteiger partial charge is 0.170 e. The predicted molar refractivity (Wildman–Crippen MR) is 49.2 cm³/mol. The van der Waals surface area contributed by atoms with E-state index in [1.54, 1.807) is 0 Å². The third-order valence-electron chi connectivity index (χ3n) is 1.33. The van der Waals surface area contributed by atoms with Crippen molar-refractivity contribution in [2.75, 3.05) is 6.54 Å². The number of furan rings is 1. The van der Waals surface area contributed by atoms with E-state index in [9.17, 15) is 0 Å². The monoisotopic (exact) mass is 215 g/mol. The maximum Gasteiger partial charge on any atom is 0.170 e. The molecule has 2 N–H and O–H groups in total. The van der Waals surface area contributed by atoms with Gasteiger partial charge in [-0.3, -0.25) is 0 Å². The van der Waals surface area contributed by atoms with E-state index in [2.05, 4.69) is 15.9 Å². The average Bonchev–Trinajstić information content (AvgIpc) is 2.26. The number of halogens is 1. The van der Waals surface area contributed by atoms with Crippen molar-refractivity contribution in [1.29, 1.82) is 0 Å². The second kappa shape index (κ2) is 3.74. The molecule has 1 rings (SSSR count). The first kappa shape index (κ1) is 8.56. The zero-order chi connectivity index (χ0) is 8.27. The van der Waals surface area contributed by atoms with E-state index in [0.29, 0.717) is 6.54 Å². The van der Waals surface area contributed by atoms with Crippen molar-refractivity contribution in [2.24, 2.45) is 5.73 Å². The highest BCUT2D eigenvalue weighted by molar-refractivity contribution is 9.10. The summed E-state index contributed by atoms with van der Waals surface area (Å²) in [5.41, 5.74) is 6.41. The minimum absolute atomic E-state index is 0.539. The lowest BCUT2D eigenvalue weighted by molar-refractivity contribution is 0.530. The number of hydrogen-bond acceptors (Lipinski definition) is 2. The van der Waals surface area contributed by atoms with Crippen LogP contribution in [0.4, 0.5) is 0 Å². The van der Waals surface area contributed by atoms with Crippen LogP contribution < -0.4 is 5.73 Å². The van der Waals surface area contributed by atoms with Crippen LogP contribution in [0.15, 0.2) is 21.2 Å². The van der Waals surface area contributed by atoms with Gasteiger partial charge in [-0.1, -0.05) is 6.08 Å². The molecular weight excluding hydrogens is 206 g/mol. The summed E-state index contributed by atoms with van der Waals surface area (Å²) in [5.74, 6) is 0.863. The summed E-state index contributed by atoms with van der Waals surface area (Å²) in [6.45, 7) is 2.53. The van der Waals surface area contributed by atoms with Gasteiger partial charge in [-0.05, 0) is 40.6 Å². The van der Waals surface area contributed by atoms with Crippen LogP contribution in [0.3, 0.4) is 0 Å². The molecule has 2 nitrogen and oxygen atoms in total. The number of aryl methyl sites for hydroxylation is 1. The first-order chi connectivity index (χ1) is 5.24. The molecule has 0 aliphatic rings. The maximum absolute atomic E-state index is 5.29. The average molecular weight is 216 g/mol. The molecule has 0 spiro atoms. The molecule has 11 heavy (non-hydrogen) atoms. The quantitative estimate of drug-likeness (QED) is 0.823. The van der Waals surface area contributed by atoms with Gasteiger partial charge in [0.15, 0.2) is 4.67 Å². The Morgan fingerprint density at radius 3 is 2.91 bits per heavy atom. The second-order valence-electron chi connectivity index (χ2n) is 2.24. The number of nitrogens with two attached hydrogens (primary N) is 1. The molecule has 0 aromatic carbocycles. The maximum atomic E-state index is 5.29. The van der Waals surface area contributed by atoms with E-state index in [1.807, 2.05) is 25.1 Å². The Bertz CT molecular complexity index is 265. The van der Waals surface area contributed by atoms with Crippen molar-refractivity contribution in [3.05, 3.63) is 28.1 Å². The van der Waals surface area contributed by atoms with E-state index in [-0.39, 0.29) is 0 Å². The van der Waals surface area contributed by atoms with Crippen LogP contribution >= 0.6 is 15.9 Å². The fourth-order valence-electron chi connectivity index (χ4n) is 0.797. The van der Waals surface area contributed by atoms with E-state index in [4.69, 9.17) is 10.2 Å². The van der Waals surface area contributed by atoms with Crippen molar-refractivity contribution in [2.45, 2.75) is 6.92 Å². The largest absolute Gasteiger partial charge is 0.450 e. The first-order valence-electron chi connectivity index (χ1n) is 3.36. The SMILES string of the molecule is Cc1cc(Br)oc1/C=C/CN. The molecule has 0 unspecified atom stereocenters. The Hall–Kier alpha value is -0.540. The van der Waals surface area contributed by atoms with Gasteiger partial charge in [-0.2, -0.15) is 0 Å². The Balaban J connectivity index is 2.85. The van der Waals surface area contributed by atoms with E-state index in [0.717, 1.165) is 16.0 Å². The summed E-state index contributed by atoms with van der Waals surface area (Å²) in [5, 5.41) is 0. The molecule has 0 aliphatic heterocycles. The zero-order valence-electron chi connectivity index (χ0n) is 6.30. The van der Waals surface area contributed by atoms with Crippen molar-refractivity contribution in [3.8, 4) is 0 Å². The van der Waals surface area contributed by atoms with Gasteiger partial charge < -0.3 is 10.2 Å². The Morgan fingerprint density at radius 1 is 1.73 bits per heavy atom. The Kier molecular flexibility index (Phi) is 2.91. The van der Waals surface area contributed by atoms with Crippen LogP contribution in [-0.2, 0) is 0 Å². The zero-order valence-corrected chi connectivity index (χ0v) is 7.89. The van der Waals surface area contributed by atoms with Crippen LogP contribution in [0.1, 0.15) is 11.3 Å². The van der Waals surface area contributed by atoms with Crippen LogP contribution in [0.25, 0.3) is 6.08 Å². The summed E-state index contributed by atoms with van der Waals surface area (Å²) in [4.78, 5) is 0. The van der Waals surface area contributed by atoms with Crippen molar-refractivity contribution < 1.29 is 4.42 Å². The fraction of sp³-hybridized carbons (Fsp3) is 0.250. The summed E-state index contributed by atoms with van der Waals surface area (Å²) < 4.78 is 6.05. The Labute approximate surface area is 74.2 Å². The van der Waals surface area contributed by atoms with Crippen LogP contribution in [0, 0.1) is 6.92 Å².